The first kappa shape index (κ1) is 18.6. The molecule has 6 nitrogen and oxygen atoms in total. The smallest absolute Gasteiger partial charge is 0.229 e. The Labute approximate surface area is 158 Å². The molecule has 0 saturated carbocycles. The first-order valence-electron chi connectivity index (χ1n) is 8.88. The van der Waals surface area contributed by atoms with E-state index in [1.807, 2.05) is 32.0 Å². The molecule has 1 heterocycles. The van der Waals surface area contributed by atoms with Crippen molar-refractivity contribution in [2.45, 2.75) is 20.3 Å². The molecular weight excluding hydrogens is 346 g/mol. The van der Waals surface area contributed by atoms with Crippen LogP contribution in [0.2, 0.25) is 0 Å². The molecule has 27 heavy (non-hydrogen) atoms. The highest BCUT2D eigenvalue weighted by molar-refractivity contribution is 5.96. The predicted octanol–water partition coefficient (Wildman–Crippen LogP) is 4.42. The average molecular weight is 369 g/mol. The second kappa shape index (κ2) is 8.49. The van der Waals surface area contributed by atoms with Crippen LogP contribution in [0.3, 0.4) is 0 Å². The Hall–Kier alpha value is -3.15. The summed E-state index contributed by atoms with van der Waals surface area (Å²) in [6.45, 7) is 4.86. The van der Waals surface area contributed by atoms with Crippen LogP contribution >= 0.6 is 0 Å². The molecule has 0 atom stereocenters. The van der Waals surface area contributed by atoms with Gasteiger partial charge in [0.05, 0.1) is 38.7 Å². The lowest BCUT2D eigenvalue weighted by molar-refractivity contribution is -0.115. The molecule has 0 saturated heterocycles. The number of amides is 1. The van der Waals surface area contributed by atoms with Crippen LogP contribution in [0, 0.1) is 0 Å². The number of benzene rings is 2. The standard InChI is InChI=1S/C21H23NO5/c1-4-25-16-7-9-19(26-5-2)18(11-16)22-21(23)10-14-13-27-20-12-15(24-3)6-8-17(14)20/h6-9,11-13H,4-5,10H2,1-3H3,(H,22,23). The maximum atomic E-state index is 12.6. The molecule has 1 N–H and O–H groups in total. The fourth-order valence-corrected chi connectivity index (χ4v) is 2.84. The van der Waals surface area contributed by atoms with Gasteiger partial charge in [-0.25, -0.2) is 0 Å². The summed E-state index contributed by atoms with van der Waals surface area (Å²) in [5.41, 5.74) is 2.08. The number of fused-ring (bicyclic) bond motifs is 1. The monoisotopic (exact) mass is 369 g/mol. The second-order valence-electron chi connectivity index (χ2n) is 5.87. The largest absolute Gasteiger partial charge is 0.497 e. The van der Waals surface area contributed by atoms with E-state index in [1.165, 1.54) is 0 Å². The van der Waals surface area contributed by atoms with Gasteiger partial charge in [-0.2, -0.15) is 0 Å². The fraction of sp³-hybridized carbons (Fsp3) is 0.286. The van der Waals surface area contributed by atoms with Crippen molar-refractivity contribution in [2.24, 2.45) is 0 Å². The molecule has 0 aliphatic heterocycles. The Kier molecular flexibility index (Phi) is 5.86. The van der Waals surface area contributed by atoms with Crippen molar-refractivity contribution < 1.29 is 23.4 Å². The molecule has 0 radical (unpaired) electrons. The molecule has 1 aromatic heterocycles. The molecule has 0 bridgehead atoms. The maximum absolute atomic E-state index is 12.6. The number of carbonyl (C=O) groups excluding carboxylic acids is 1. The molecule has 142 valence electrons. The highest BCUT2D eigenvalue weighted by atomic mass is 16.5. The van der Waals surface area contributed by atoms with E-state index < -0.39 is 0 Å². The molecule has 0 aliphatic carbocycles. The van der Waals surface area contributed by atoms with Crippen LogP contribution in [0.1, 0.15) is 19.4 Å². The van der Waals surface area contributed by atoms with Crippen LogP contribution in [0.4, 0.5) is 5.69 Å². The van der Waals surface area contributed by atoms with Crippen LogP contribution in [0.25, 0.3) is 11.0 Å². The van der Waals surface area contributed by atoms with Gasteiger partial charge in [0.15, 0.2) is 0 Å². The lowest BCUT2D eigenvalue weighted by Gasteiger charge is -2.13. The lowest BCUT2D eigenvalue weighted by atomic mass is 10.1. The van der Waals surface area contributed by atoms with Crippen molar-refractivity contribution in [3.8, 4) is 17.2 Å². The highest BCUT2D eigenvalue weighted by Crippen LogP contribution is 2.30. The van der Waals surface area contributed by atoms with Crippen molar-refractivity contribution in [1.29, 1.82) is 0 Å². The number of nitrogens with one attached hydrogen (secondary N) is 1. The molecule has 1 amide bonds. The lowest BCUT2D eigenvalue weighted by Crippen LogP contribution is -2.15. The van der Waals surface area contributed by atoms with Gasteiger partial charge in [0, 0.05) is 23.1 Å². The van der Waals surface area contributed by atoms with Crippen molar-refractivity contribution in [2.75, 3.05) is 25.6 Å². The van der Waals surface area contributed by atoms with Crippen LogP contribution in [0.15, 0.2) is 47.1 Å². The number of rotatable bonds is 8. The van der Waals surface area contributed by atoms with Gasteiger partial charge in [0.2, 0.25) is 5.91 Å². The van der Waals surface area contributed by atoms with Gasteiger partial charge in [0.25, 0.3) is 0 Å². The highest BCUT2D eigenvalue weighted by Gasteiger charge is 2.14. The number of ether oxygens (including phenoxy) is 3. The van der Waals surface area contributed by atoms with E-state index >= 15 is 0 Å². The summed E-state index contributed by atoms with van der Waals surface area (Å²) >= 11 is 0. The summed E-state index contributed by atoms with van der Waals surface area (Å²) in [7, 11) is 1.60. The van der Waals surface area contributed by atoms with Crippen LogP contribution in [-0.4, -0.2) is 26.2 Å². The Morgan fingerprint density at radius 3 is 2.56 bits per heavy atom. The average Bonchev–Trinajstić information content (AvgIpc) is 3.06. The van der Waals surface area contributed by atoms with Gasteiger partial charge in [0.1, 0.15) is 22.8 Å². The van der Waals surface area contributed by atoms with E-state index in [2.05, 4.69) is 5.32 Å². The first-order valence-corrected chi connectivity index (χ1v) is 8.88. The van der Waals surface area contributed by atoms with Gasteiger partial charge < -0.3 is 23.9 Å². The normalized spacial score (nSPS) is 10.6. The van der Waals surface area contributed by atoms with E-state index in [0.717, 1.165) is 10.9 Å². The third-order valence-electron chi connectivity index (χ3n) is 4.05. The van der Waals surface area contributed by atoms with Crippen LogP contribution in [-0.2, 0) is 11.2 Å². The molecule has 2 aromatic carbocycles. The van der Waals surface area contributed by atoms with E-state index in [0.29, 0.717) is 41.7 Å². The zero-order valence-electron chi connectivity index (χ0n) is 15.7. The molecular formula is C21H23NO5. The van der Waals surface area contributed by atoms with Crippen LogP contribution in [0.5, 0.6) is 17.2 Å². The van der Waals surface area contributed by atoms with E-state index in [1.54, 1.807) is 31.6 Å². The van der Waals surface area contributed by atoms with Gasteiger partial charge in [-0.15, -0.1) is 0 Å². The Morgan fingerprint density at radius 1 is 1.04 bits per heavy atom. The third-order valence-corrected chi connectivity index (χ3v) is 4.05. The van der Waals surface area contributed by atoms with Crippen molar-refractivity contribution >= 4 is 22.6 Å². The van der Waals surface area contributed by atoms with Gasteiger partial charge in [-0.1, -0.05) is 0 Å². The minimum absolute atomic E-state index is 0.164. The summed E-state index contributed by atoms with van der Waals surface area (Å²) in [6.07, 6.45) is 1.79. The SMILES string of the molecule is CCOc1ccc(OCC)c(NC(=O)Cc2coc3cc(OC)ccc23)c1. The fourth-order valence-electron chi connectivity index (χ4n) is 2.84. The van der Waals surface area contributed by atoms with Gasteiger partial charge in [-0.05, 0) is 38.1 Å². The summed E-state index contributed by atoms with van der Waals surface area (Å²) in [6, 6.07) is 10.9. The molecule has 3 aromatic rings. The number of anilines is 1. The number of hydrogen-bond donors (Lipinski definition) is 1. The topological polar surface area (TPSA) is 69.9 Å². The second-order valence-corrected chi connectivity index (χ2v) is 5.87. The molecule has 6 heteroatoms. The molecule has 0 aliphatic rings. The minimum atomic E-state index is -0.164. The minimum Gasteiger partial charge on any atom is -0.497 e. The predicted molar refractivity (Wildman–Crippen MR) is 104 cm³/mol. The van der Waals surface area contributed by atoms with Gasteiger partial charge >= 0.3 is 0 Å². The zero-order valence-corrected chi connectivity index (χ0v) is 15.7. The van der Waals surface area contributed by atoms with Gasteiger partial charge in [-0.3, -0.25) is 4.79 Å². The third kappa shape index (κ3) is 4.34. The zero-order chi connectivity index (χ0) is 19.2. The summed E-state index contributed by atoms with van der Waals surface area (Å²) in [5, 5.41) is 3.80. The van der Waals surface area contributed by atoms with E-state index in [4.69, 9.17) is 18.6 Å². The number of carbonyl (C=O) groups is 1. The summed E-state index contributed by atoms with van der Waals surface area (Å²) < 4.78 is 21.9. The van der Waals surface area contributed by atoms with Crippen molar-refractivity contribution in [3.63, 3.8) is 0 Å². The van der Waals surface area contributed by atoms with Crippen LogP contribution < -0.4 is 19.5 Å². The molecule has 3 rings (SSSR count). The Balaban J connectivity index is 1.78. The van der Waals surface area contributed by atoms with Crippen molar-refractivity contribution in [3.05, 3.63) is 48.2 Å². The quantitative estimate of drug-likeness (QED) is 0.636. The van der Waals surface area contributed by atoms with E-state index in [-0.39, 0.29) is 12.3 Å². The number of hydrogen-bond acceptors (Lipinski definition) is 5. The van der Waals surface area contributed by atoms with Crippen molar-refractivity contribution in [1.82, 2.24) is 0 Å². The van der Waals surface area contributed by atoms with E-state index in [9.17, 15) is 4.79 Å². The maximum Gasteiger partial charge on any atom is 0.229 e. The summed E-state index contributed by atoms with van der Waals surface area (Å²) in [4.78, 5) is 12.6. The Morgan fingerprint density at radius 2 is 1.81 bits per heavy atom. The molecule has 0 unspecified atom stereocenters. The first-order chi connectivity index (χ1) is 13.1. The Bertz CT molecular complexity index is 931. The number of methoxy groups -OCH3 is 1. The molecule has 0 spiro atoms. The molecule has 0 fully saturated rings. The summed E-state index contributed by atoms with van der Waals surface area (Å²) in [5.74, 6) is 1.83. The number of furan rings is 1.